The minimum atomic E-state index is -1.57. The van der Waals surface area contributed by atoms with Crippen molar-refractivity contribution in [2.75, 3.05) is 26.0 Å². The second-order valence-corrected chi connectivity index (χ2v) is 11.8. The molecule has 2 amide bonds. The zero-order chi connectivity index (χ0) is 30.5. The van der Waals surface area contributed by atoms with E-state index in [0.29, 0.717) is 45.1 Å². The van der Waals surface area contributed by atoms with Crippen LogP contribution in [0.25, 0.3) is 11.3 Å². The van der Waals surface area contributed by atoms with E-state index < -0.39 is 28.6 Å². The van der Waals surface area contributed by atoms with E-state index in [1.807, 2.05) is 0 Å². The van der Waals surface area contributed by atoms with Gasteiger partial charge in [-0.25, -0.2) is 9.37 Å². The summed E-state index contributed by atoms with van der Waals surface area (Å²) < 4.78 is 25.1. The molecule has 0 radical (unpaired) electrons. The Morgan fingerprint density at radius 2 is 1.95 bits per heavy atom. The molecule has 2 aromatic carbocycles. The maximum atomic E-state index is 13.8. The number of nitrogens with zero attached hydrogens (tertiary/aromatic N) is 2. The molecular formula is C32H34FN5O5. The number of ether oxygens (including phenoxy) is 2. The molecule has 6 N–H and O–H groups in total. The topological polar surface area (TPSA) is 162 Å². The Hall–Kier alpha value is -4.51. The molecule has 0 spiro atoms. The fraction of sp³-hybridized carbons (Fsp3) is 0.375. The minimum absolute atomic E-state index is 0.000935. The highest BCUT2D eigenvalue weighted by atomic mass is 19.1. The van der Waals surface area contributed by atoms with Crippen LogP contribution in [-0.4, -0.2) is 54.4 Å². The predicted octanol–water partition coefficient (Wildman–Crippen LogP) is 3.22. The van der Waals surface area contributed by atoms with Crippen molar-refractivity contribution in [3.63, 3.8) is 0 Å². The molecule has 224 valence electrons. The third-order valence-electron chi connectivity index (χ3n) is 8.58. The number of nitrogens with one attached hydrogen (secondary N) is 1. The average molecular weight is 588 g/mol. The predicted molar refractivity (Wildman–Crippen MR) is 159 cm³/mol. The SMILES string of the molecule is COc1cc(C(=O)NC[C@](O)(c2cc3c(c(-c4ccc(F)cc4)n2)OC[C@]3(C)C(N)=O)C2CC2)cc(C=NC2CC2)c1N. The highest BCUT2D eigenvalue weighted by Gasteiger charge is 2.50. The molecule has 2 atom stereocenters. The van der Waals surface area contributed by atoms with Crippen LogP contribution in [0, 0.1) is 11.7 Å². The summed E-state index contributed by atoms with van der Waals surface area (Å²) in [7, 11) is 1.48. The molecule has 2 saturated carbocycles. The summed E-state index contributed by atoms with van der Waals surface area (Å²) in [6.07, 6.45) is 5.15. The lowest BCUT2D eigenvalue weighted by Gasteiger charge is -2.30. The molecule has 0 unspecified atom stereocenters. The molecule has 2 fully saturated rings. The number of aliphatic hydroxyl groups is 1. The fourth-order valence-corrected chi connectivity index (χ4v) is 5.40. The van der Waals surface area contributed by atoms with Crippen LogP contribution in [0.15, 0.2) is 47.5 Å². The van der Waals surface area contributed by atoms with E-state index in [1.165, 1.54) is 19.2 Å². The van der Waals surface area contributed by atoms with E-state index in [2.05, 4.69) is 10.3 Å². The summed E-state index contributed by atoms with van der Waals surface area (Å²) >= 11 is 0. The first-order chi connectivity index (χ1) is 20.5. The molecule has 43 heavy (non-hydrogen) atoms. The summed E-state index contributed by atoms with van der Waals surface area (Å²) in [6, 6.07) is 10.8. The average Bonchev–Trinajstić information content (AvgIpc) is 3.93. The summed E-state index contributed by atoms with van der Waals surface area (Å²) in [5.74, 6) is -0.939. The quantitative estimate of drug-likeness (QED) is 0.209. The maximum Gasteiger partial charge on any atom is 0.251 e. The van der Waals surface area contributed by atoms with E-state index >= 15 is 0 Å². The zero-order valence-corrected chi connectivity index (χ0v) is 24.0. The molecule has 10 nitrogen and oxygen atoms in total. The Balaban J connectivity index is 1.36. The van der Waals surface area contributed by atoms with Gasteiger partial charge in [-0.1, -0.05) is 0 Å². The van der Waals surface area contributed by atoms with Crippen LogP contribution >= 0.6 is 0 Å². The fourth-order valence-electron chi connectivity index (χ4n) is 5.40. The van der Waals surface area contributed by atoms with Gasteiger partial charge in [0.1, 0.15) is 40.6 Å². The number of anilines is 1. The molecule has 3 aromatic rings. The van der Waals surface area contributed by atoms with Crippen LogP contribution in [0.5, 0.6) is 11.5 Å². The number of carbonyl (C=O) groups excluding carboxylic acids is 2. The van der Waals surface area contributed by atoms with Gasteiger partial charge >= 0.3 is 0 Å². The number of aliphatic imine (C=N–C) groups is 1. The van der Waals surface area contributed by atoms with Gasteiger partial charge in [0.25, 0.3) is 5.91 Å². The van der Waals surface area contributed by atoms with Gasteiger partial charge in [-0.05, 0) is 81.0 Å². The van der Waals surface area contributed by atoms with Gasteiger partial charge in [-0.15, -0.1) is 0 Å². The number of nitrogens with two attached hydrogens (primary N) is 2. The number of halogens is 1. The molecule has 1 aliphatic heterocycles. The van der Waals surface area contributed by atoms with Crippen molar-refractivity contribution < 1.29 is 28.6 Å². The lowest BCUT2D eigenvalue weighted by molar-refractivity contribution is -0.123. The van der Waals surface area contributed by atoms with Crippen molar-refractivity contribution in [3.8, 4) is 22.8 Å². The molecule has 6 rings (SSSR count). The number of rotatable bonds is 10. The number of fused-ring (bicyclic) bond motifs is 1. The molecule has 11 heteroatoms. The van der Waals surface area contributed by atoms with E-state index in [4.69, 9.17) is 25.9 Å². The zero-order valence-electron chi connectivity index (χ0n) is 24.0. The lowest BCUT2D eigenvalue weighted by Crippen LogP contribution is -2.44. The first kappa shape index (κ1) is 28.6. The summed E-state index contributed by atoms with van der Waals surface area (Å²) in [5.41, 5.74) is 12.2. The Bertz CT molecular complexity index is 1640. The van der Waals surface area contributed by atoms with E-state index in [-0.39, 0.29) is 30.8 Å². The number of pyridine rings is 1. The van der Waals surface area contributed by atoms with Gasteiger partial charge in [0, 0.05) is 28.5 Å². The van der Waals surface area contributed by atoms with E-state index in [0.717, 1.165) is 25.7 Å². The number of benzene rings is 2. The number of aromatic nitrogens is 1. The molecule has 2 aliphatic carbocycles. The van der Waals surface area contributed by atoms with Crippen LogP contribution < -0.4 is 26.3 Å². The number of hydrogen-bond donors (Lipinski definition) is 4. The monoisotopic (exact) mass is 587 g/mol. The van der Waals surface area contributed by atoms with E-state index in [1.54, 1.807) is 43.5 Å². The Morgan fingerprint density at radius 3 is 2.58 bits per heavy atom. The first-order valence-electron chi connectivity index (χ1n) is 14.3. The van der Waals surface area contributed by atoms with E-state index in [9.17, 15) is 19.1 Å². The Labute approximate surface area is 248 Å². The van der Waals surface area contributed by atoms with Crippen LogP contribution in [0.3, 0.4) is 0 Å². The van der Waals surface area contributed by atoms with Crippen molar-refractivity contribution in [2.24, 2.45) is 16.6 Å². The molecular weight excluding hydrogens is 553 g/mol. The molecule has 1 aromatic heterocycles. The molecule has 0 bridgehead atoms. The third kappa shape index (κ3) is 5.29. The standard InChI is InChI=1S/C32H34FN5O5/c1-31(30(35)40)16-43-28-23(31)13-25(38-27(28)17-3-7-21(33)8-4-17)32(41,20-5-6-20)15-37-29(39)18-11-19(14-36-22-9-10-22)26(34)24(12-18)42-2/h3-4,7-8,11-14,20,22,41H,5-6,9-10,15-16,34H2,1-2H3,(H2,35,40)(H,37,39)/t31-,32+/m0/s1. The normalized spacial score (nSPS) is 20.7. The largest absolute Gasteiger partial charge is 0.495 e. The van der Waals surface area contributed by atoms with Gasteiger partial charge in [0.2, 0.25) is 5.91 Å². The van der Waals surface area contributed by atoms with Gasteiger partial charge in [0.15, 0.2) is 0 Å². The molecule has 3 aliphatic rings. The number of nitrogen functional groups attached to an aromatic ring is 1. The summed E-state index contributed by atoms with van der Waals surface area (Å²) in [4.78, 5) is 35.3. The van der Waals surface area contributed by atoms with Gasteiger partial charge in [-0.3, -0.25) is 14.6 Å². The highest BCUT2D eigenvalue weighted by Crippen LogP contribution is 2.50. The smallest absolute Gasteiger partial charge is 0.251 e. The maximum absolute atomic E-state index is 13.8. The van der Waals surface area contributed by atoms with Crippen molar-refractivity contribution in [2.45, 2.75) is 49.7 Å². The van der Waals surface area contributed by atoms with Crippen LogP contribution in [-0.2, 0) is 15.8 Å². The van der Waals surface area contributed by atoms with Crippen LogP contribution in [0.1, 0.15) is 59.8 Å². The third-order valence-corrected chi connectivity index (χ3v) is 8.58. The van der Waals surface area contributed by atoms with Gasteiger partial charge in [0.05, 0.1) is 31.1 Å². The number of primary amides is 1. The van der Waals surface area contributed by atoms with Crippen molar-refractivity contribution in [1.29, 1.82) is 0 Å². The second-order valence-electron chi connectivity index (χ2n) is 11.8. The number of carbonyl (C=O) groups is 2. The summed E-state index contributed by atoms with van der Waals surface area (Å²) in [6.45, 7) is 1.52. The Kier molecular flexibility index (Phi) is 7.08. The van der Waals surface area contributed by atoms with Crippen LogP contribution in [0.2, 0.25) is 0 Å². The Morgan fingerprint density at radius 1 is 1.23 bits per heavy atom. The van der Waals surface area contributed by atoms with Crippen molar-refractivity contribution in [1.82, 2.24) is 10.3 Å². The number of hydrogen-bond acceptors (Lipinski definition) is 8. The minimum Gasteiger partial charge on any atom is -0.495 e. The van der Waals surface area contributed by atoms with Crippen LogP contribution in [0.4, 0.5) is 10.1 Å². The van der Waals surface area contributed by atoms with Crippen molar-refractivity contribution in [3.05, 3.63) is 70.7 Å². The van der Waals surface area contributed by atoms with Gasteiger partial charge < -0.3 is 31.4 Å². The van der Waals surface area contributed by atoms with Crippen molar-refractivity contribution >= 4 is 23.7 Å². The highest BCUT2D eigenvalue weighted by molar-refractivity contribution is 5.99. The number of methoxy groups -OCH3 is 1. The second kappa shape index (κ2) is 10.6. The van der Waals surface area contributed by atoms with Gasteiger partial charge in [-0.2, -0.15) is 0 Å². The molecule has 2 heterocycles. The summed E-state index contributed by atoms with van der Waals surface area (Å²) in [5, 5.41) is 15.0. The molecule has 0 saturated heterocycles. The number of amides is 2. The lowest BCUT2D eigenvalue weighted by atomic mass is 9.81. The first-order valence-corrected chi connectivity index (χ1v) is 14.3.